The monoisotopic (exact) mass is 168 g/mol. The summed E-state index contributed by atoms with van der Waals surface area (Å²) in [6, 6.07) is 9.12. The predicted octanol–water partition coefficient (Wildman–Crippen LogP) is 1.03. The number of aliphatic hydroxyl groups is 1. The van der Waals surface area contributed by atoms with Crippen LogP contribution in [-0.4, -0.2) is 25.1 Å². The van der Waals surface area contributed by atoms with Crippen molar-refractivity contribution in [1.29, 1.82) is 0 Å². The molecule has 1 aromatic rings. The first kappa shape index (κ1) is 9.03. The van der Waals surface area contributed by atoms with Crippen molar-refractivity contribution in [3.8, 4) is 5.75 Å². The fourth-order valence-electron chi connectivity index (χ4n) is 0.833. The van der Waals surface area contributed by atoms with E-state index >= 15 is 0 Å². The summed E-state index contributed by atoms with van der Waals surface area (Å²) >= 11 is 0. The van der Waals surface area contributed by atoms with Crippen molar-refractivity contribution < 1.29 is 14.6 Å². The van der Waals surface area contributed by atoms with Crippen LogP contribution in [0.15, 0.2) is 30.3 Å². The average molecular weight is 168 g/mol. The van der Waals surface area contributed by atoms with Gasteiger partial charge in [-0.2, -0.15) is 0 Å². The SMILES string of the molecule is COCC(O)Oc1ccccc1. The highest BCUT2D eigenvalue weighted by Gasteiger charge is 2.02. The van der Waals surface area contributed by atoms with E-state index in [0.29, 0.717) is 5.75 Å². The first-order chi connectivity index (χ1) is 5.83. The summed E-state index contributed by atoms with van der Waals surface area (Å²) in [5, 5.41) is 9.16. The van der Waals surface area contributed by atoms with Crippen LogP contribution in [0.4, 0.5) is 0 Å². The predicted molar refractivity (Wildman–Crippen MR) is 45.0 cm³/mol. The number of hydrogen-bond acceptors (Lipinski definition) is 3. The zero-order chi connectivity index (χ0) is 8.81. The van der Waals surface area contributed by atoms with E-state index in [-0.39, 0.29) is 6.61 Å². The highest BCUT2D eigenvalue weighted by molar-refractivity contribution is 5.20. The van der Waals surface area contributed by atoms with E-state index in [1.54, 1.807) is 12.1 Å². The molecule has 0 aliphatic heterocycles. The van der Waals surface area contributed by atoms with Gasteiger partial charge < -0.3 is 14.6 Å². The first-order valence-corrected chi connectivity index (χ1v) is 3.71. The Balaban J connectivity index is 2.41. The Morgan fingerprint density at radius 1 is 1.33 bits per heavy atom. The zero-order valence-corrected chi connectivity index (χ0v) is 6.93. The smallest absolute Gasteiger partial charge is 0.221 e. The molecule has 0 saturated heterocycles. The van der Waals surface area contributed by atoms with E-state index in [9.17, 15) is 0 Å². The van der Waals surface area contributed by atoms with Crippen molar-refractivity contribution in [2.45, 2.75) is 6.29 Å². The molecule has 0 heterocycles. The molecule has 0 amide bonds. The fraction of sp³-hybridized carbons (Fsp3) is 0.333. The maximum Gasteiger partial charge on any atom is 0.221 e. The molecule has 0 spiro atoms. The lowest BCUT2D eigenvalue weighted by molar-refractivity contribution is -0.0663. The summed E-state index contributed by atoms with van der Waals surface area (Å²) in [4.78, 5) is 0. The molecule has 0 aliphatic carbocycles. The van der Waals surface area contributed by atoms with E-state index in [0.717, 1.165) is 0 Å². The Kier molecular flexibility index (Phi) is 3.57. The third kappa shape index (κ3) is 2.90. The second kappa shape index (κ2) is 4.74. The Bertz CT molecular complexity index is 210. The van der Waals surface area contributed by atoms with Crippen LogP contribution in [-0.2, 0) is 4.74 Å². The largest absolute Gasteiger partial charge is 0.463 e. The lowest BCUT2D eigenvalue weighted by Crippen LogP contribution is -2.21. The highest BCUT2D eigenvalue weighted by Crippen LogP contribution is 2.09. The normalized spacial score (nSPS) is 12.5. The van der Waals surface area contributed by atoms with Crippen molar-refractivity contribution >= 4 is 0 Å². The Morgan fingerprint density at radius 3 is 2.58 bits per heavy atom. The van der Waals surface area contributed by atoms with Crippen molar-refractivity contribution in [2.75, 3.05) is 13.7 Å². The molecule has 0 bridgehead atoms. The van der Waals surface area contributed by atoms with Gasteiger partial charge in [0.1, 0.15) is 12.4 Å². The van der Waals surface area contributed by atoms with Crippen LogP contribution >= 0.6 is 0 Å². The van der Waals surface area contributed by atoms with Gasteiger partial charge in [0.25, 0.3) is 0 Å². The number of aliphatic hydroxyl groups excluding tert-OH is 1. The zero-order valence-electron chi connectivity index (χ0n) is 6.93. The van der Waals surface area contributed by atoms with Gasteiger partial charge in [-0.05, 0) is 12.1 Å². The van der Waals surface area contributed by atoms with E-state index in [2.05, 4.69) is 0 Å². The Hall–Kier alpha value is -1.06. The maximum absolute atomic E-state index is 9.16. The van der Waals surface area contributed by atoms with Gasteiger partial charge in [-0.3, -0.25) is 0 Å². The standard InChI is InChI=1S/C9H12O3/c1-11-7-9(10)12-8-5-3-2-4-6-8/h2-6,9-10H,7H2,1H3. The van der Waals surface area contributed by atoms with Gasteiger partial charge in [0, 0.05) is 7.11 Å². The van der Waals surface area contributed by atoms with E-state index in [4.69, 9.17) is 14.6 Å². The summed E-state index contributed by atoms with van der Waals surface area (Å²) in [6.07, 6.45) is -0.891. The van der Waals surface area contributed by atoms with Gasteiger partial charge in [0.2, 0.25) is 6.29 Å². The number of methoxy groups -OCH3 is 1. The maximum atomic E-state index is 9.16. The molecule has 0 fully saturated rings. The summed E-state index contributed by atoms with van der Waals surface area (Å²) < 4.78 is 9.79. The molecule has 3 heteroatoms. The summed E-state index contributed by atoms with van der Waals surface area (Å²) in [6.45, 7) is 0.175. The number of para-hydroxylation sites is 1. The third-order valence-corrected chi connectivity index (χ3v) is 1.32. The Morgan fingerprint density at radius 2 is 2.00 bits per heavy atom. The van der Waals surface area contributed by atoms with Crippen molar-refractivity contribution in [3.63, 3.8) is 0 Å². The minimum absolute atomic E-state index is 0.175. The molecule has 0 saturated carbocycles. The molecule has 0 radical (unpaired) electrons. The molecular formula is C9H12O3. The van der Waals surface area contributed by atoms with Crippen LogP contribution < -0.4 is 4.74 Å². The molecule has 1 atom stereocenters. The molecule has 0 aliphatic rings. The van der Waals surface area contributed by atoms with Crippen LogP contribution in [0, 0.1) is 0 Å². The van der Waals surface area contributed by atoms with E-state index < -0.39 is 6.29 Å². The topological polar surface area (TPSA) is 38.7 Å². The average Bonchev–Trinajstić information content (AvgIpc) is 2.06. The quantitative estimate of drug-likeness (QED) is 0.682. The molecule has 12 heavy (non-hydrogen) atoms. The van der Waals surface area contributed by atoms with Crippen LogP contribution in [0.5, 0.6) is 5.75 Å². The van der Waals surface area contributed by atoms with Crippen LogP contribution in [0.3, 0.4) is 0 Å². The fourth-order valence-corrected chi connectivity index (χ4v) is 0.833. The molecule has 0 aromatic heterocycles. The van der Waals surface area contributed by atoms with Crippen molar-refractivity contribution in [2.24, 2.45) is 0 Å². The number of ether oxygens (including phenoxy) is 2. The molecule has 1 aromatic carbocycles. The molecule has 66 valence electrons. The molecule has 1 rings (SSSR count). The van der Waals surface area contributed by atoms with Gasteiger partial charge in [0.05, 0.1) is 0 Å². The molecule has 1 N–H and O–H groups in total. The number of hydrogen-bond donors (Lipinski definition) is 1. The second-order valence-electron chi connectivity index (χ2n) is 2.34. The summed E-state index contributed by atoms with van der Waals surface area (Å²) in [5.41, 5.74) is 0. The first-order valence-electron chi connectivity index (χ1n) is 3.71. The lowest BCUT2D eigenvalue weighted by atomic mass is 10.3. The van der Waals surface area contributed by atoms with Gasteiger partial charge in [-0.25, -0.2) is 0 Å². The second-order valence-corrected chi connectivity index (χ2v) is 2.34. The number of benzene rings is 1. The Labute approximate surface area is 71.5 Å². The third-order valence-electron chi connectivity index (χ3n) is 1.32. The molecule has 3 nitrogen and oxygen atoms in total. The van der Waals surface area contributed by atoms with Gasteiger partial charge in [-0.15, -0.1) is 0 Å². The minimum Gasteiger partial charge on any atom is -0.463 e. The van der Waals surface area contributed by atoms with Crippen LogP contribution in [0.25, 0.3) is 0 Å². The molecular weight excluding hydrogens is 156 g/mol. The minimum atomic E-state index is -0.891. The van der Waals surface area contributed by atoms with Crippen LogP contribution in [0.2, 0.25) is 0 Å². The van der Waals surface area contributed by atoms with Crippen LogP contribution in [0.1, 0.15) is 0 Å². The van der Waals surface area contributed by atoms with Crippen molar-refractivity contribution in [3.05, 3.63) is 30.3 Å². The highest BCUT2D eigenvalue weighted by atomic mass is 16.6. The van der Waals surface area contributed by atoms with Gasteiger partial charge in [-0.1, -0.05) is 18.2 Å². The van der Waals surface area contributed by atoms with Gasteiger partial charge in [0.15, 0.2) is 0 Å². The van der Waals surface area contributed by atoms with E-state index in [1.807, 2.05) is 18.2 Å². The van der Waals surface area contributed by atoms with Crippen molar-refractivity contribution in [1.82, 2.24) is 0 Å². The number of rotatable bonds is 4. The molecule has 1 unspecified atom stereocenters. The summed E-state index contributed by atoms with van der Waals surface area (Å²) in [7, 11) is 1.51. The van der Waals surface area contributed by atoms with E-state index in [1.165, 1.54) is 7.11 Å². The van der Waals surface area contributed by atoms with Gasteiger partial charge >= 0.3 is 0 Å². The summed E-state index contributed by atoms with van der Waals surface area (Å²) in [5.74, 6) is 0.641. The lowest BCUT2D eigenvalue weighted by Gasteiger charge is -2.11.